The summed E-state index contributed by atoms with van der Waals surface area (Å²) in [7, 11) is 0. The third-order valence-corrected chi connectivity index (χ3v) is 4.90. The summed E-state index contributed by atoms with van der Waals surface area (Å²) in [6, 6.07) is 5.59. The molecule has 2 heterocycles. The number of hydrogen-bond acceptors (Lipinski definition) is 3. The quantitative estimate of drug-likeness (QED) is 0.785. The molecule has 0 atom stereocenters. The van der Waals surface area contributed by atoms with E-state index in [2.05, 4.69) is 10.3 Å². The Morgan fingerprint density at radius 3 is 2.46 bits per heavy atom. The van der Waals surface area contributed by atoms with Gasteiger partial charge in [0.25, 0.3) is 11.8 Å². The van der Waals surface area contributed by atoms with E-state index >= 15 is 0 Å². The van der Waals surface area contributed by atoms with Crippen molar-refractivity contribution in [2.75, 3.05) is 18.4 Å². The molecule has 3 rings (SSSR count). The zero-order valence-corrected chi connectivity index (χ0v) is 16.5. The van der Waals surface area contributed by atoms with E-state index in [1.165, 1.54) is 24.3 Å². The highest BCUT2D eigenvalue weighted by molar-refractivity contribution is 6.03. The highest BCUT2D eigenvalue weighted by Gasteiger charge is 2.29. The van der Waals surface area contributed by atoms with Crippen LogP contribution in [0.1, 0.15) is 66.3 Å². The molecule has 1 aromatic carbocycles. The van der Waals surface area contributed by atoms with E-state index in [0.29, 0.717) is 31.0 Å². The maximum atomic E-state index is 13.1. The molecule has 2 aromatic rings. The minimum absolute atomic E-state index is 0.102. The molecular weight excluding hydrogens is 359 g/mol. The zero-order valence-electron chi connectivity index (χ0n) is 16.5. The van der Waals surface area contributed by atoms with Crippen molar-refractivity contribution in [3.05, 3.63) is 47.3 Å². The van der Waals surface area contributed by atoms with Crippen molar-refractivity contribution in [2.45, 2.75) is 52.5 Å². The van der Waals surface area contributed by atoms with Gasteiger partial charge in [0.1, 0.15) is 11.5 Å². The highest BCUT2D eigenvalue weighted by Crippen LogP contribution is 2.23. The number of carbonyl (C=O) groups is 2. The van der Waals surface area contributed by atoms with Crippen LogP contribution in [0.2, 0.25) is 0 Å². The molecule has 1 aromatic heterocycles. The molecule has 0 fully saturated rings. The molecule has 6 nitrogen and oxygen atoms in total. The van der Waals surface area contributed by atoms with Crippen LogP contribution in [0.25, 0.3) is 0 Å². The molecule has 28 heavy (non-hydrogen) atoms. The average molecular weight is 386 g/mol. The van der Waals surface area contributed by atoms with Gasteiger partial charge in [0.2, 0.25) is 0 Å². The highest BCUT2D eigenvalue weighted by atomic mass is 19.1. The lowest BCUT2D eigenvalue weighted by atomic mass is 10.1. The van der Waals surface area contributed by atoms with Gasteiger partial charge in [-0.15, -0.1) is 0 Å². The van der Waals surface area contributed by atoms with Gasteiger partial charge in [-0.05, 0) is 56.4 Å². The number of anilines is 1. The van der Waals surface area contributed by atoms with E-state index in [1.54, 1.807) is 0 Å². The Kier molecular flexibility index (Phi) is 6.44. The van der Waals surface area contributed by atoms with Crippen molar-refractivity contribution in [1.82, 2.24) is 14.5 Å². The third kappa shape index (κ3) is 4.24. The summed E-state index contributed by atoms with van der Waals surface area (Å²) in [6.07, 6.45) is 4.41. The number of carbonyl (C=O) groups excluding carboxylic acids is 2. The number of nitrogens with one attached hydrogen (secondary N) is 1. The molecule has 1 N–H and O–H groups in total. The second kappa shape index (κ2) is 8.99. The summed E-state index contributed by atoms with van der Waals surface area (Å²) in [5.41, 5.74) is 1.73. The molecule has 1 aliphatic rings. The number of amides is 2. The topological polar surface area (TPSA) is 67.2 Å². The van der Waals surface area contributed by atoms with Crippen LogP contribution in [-0.4, -0.2) is 39.4 Å². The maximum absolute atomic E-state index is 13.1. The predicted octanol–water partition coefficient (Wildman–Crippen LogP) is 3.87. The first-order valence-electron chi connectivity index (χ1n) is 10.0. The number of imidazole rings is 1. The summed E-state index contributed by atoms with van der Waals surface area (Å²) in [5.74, 6) is -0.604. The van der Waals surface area contributed by atoms with Gasteiger partial charge in [0.05, 0.1) is 5.69 Å². The van der Waals surface area contributed by atoms with Gasteiger partial charge in [-0.2, -0.15) is 0 Å². The Balaban J connectivity index is 1.91. The first-order chi connectivity index (χ1) is 13.5. The van der Waals surface area contributed by atoms with E-state index in [9.17, 15) is 14.0 Å². The average Bonchev–Trinajstić information content (AvgIpc) is 3.09. The fourth-order valence-corrected chi connectivity index (χ4v) is 3.61. The summed E-state index contributed by atoms with van der Waals surface area (Å²) >= 11 is 0. The zero-order chi connectivity index (χ0) is 20.1. The smallest absolute Gasteiger partial charge is 0.291 e. The van der Waals surface area contributed by atoms with Crippen molar-refractivity contribution in [1.29, 1.82) is 0 Å². The fraction of sp³-hybridized carbons (Fsp3) is 0.476. The Labute approximate surface area is 164 Å². The molecule has 0 aliphatic carbocycles. The van der Waals surface area contributed by atoms with Crippen LogP contribution in [0.15, 0.2) is 24.3 Å². The van der Waals surface area contributed by atoms with E-state index in [4.69, 9.17) is 0 Å². The van der Waals surface area contributed by atoms with Gasteiger partial charge in [-0.1, -0.05) is 13.8 Å². The van der Waals surface area contributed by atoms with Crippen molar-refractivity contribution >= 4 is 17.5 Å². The van der Waals surface area contributed by atoms with Gasteiger partial charge in [0, 0.05) is 25.3 Å². The Bertz CT molecular complexity index is 839. The lowest BCUT2D eigenvalue weighted by Crippen LogP contribution is -2.33. The second-order valence-electron chi connectivity index (χ2n) is 7.09. The van der Waals surface area contributed by atoms with Crippen LogP contribution < -0.4 is 5.32 Å². The normalized spacial score (nSPS) is 13.1. The molecule has 2 amide bonds. The van der Waals surface area contributed by atoms with E-state index < -0.39 is 0 Å². The number of fused-ring (bicyclic) bond motifs is 1. The first-order valence-corrected chi connectivity index (χ1v) is 10.0. The predicted molar refractivity (Wildman–Crippen MR) is 106 cm³/mol. The van der Waals surface area contributed by atoms with E-state index in [-0.39, 0.29) is 23.5 Å². The van der Waals surface area contributed by atoms with E-state index in [1.807, 2.05) is 23.3 Å². The fourth-order valence-electron chi connectivity index (χ4n) is 3.61. The second-order valence-corrected chi connectivity index (χ2v) is 7.09. The van der Waals surface area contributed by atoms with E-state index in [0.717, 1.165) is 37.8 Å². The van der Waals surface area contributed by atoms with Crippen molar-refractivity contribution in [2.24, 2.45) is 0 Å². The number of halogens is 1. The number of aromatic nitrogens is 2. The van der Waals surface area contributed by atoms with Crippen LogP contribution in [0.5, 0.6) is 0 Å². The van der Waals surface area contributed by atoms with Crippen LogP contribution in [-0.2, 0) is 13.0 Å². The molecule has 0 unspecified atom stereocenters. The standard InChI is InChI=1S/C21H27FN4O2/c1-3-12-25(13-4-2)21(28)18-17-7-5-6-14-26(17)19(24-18)20(27)23-16-10-8-15(22)9-11-16/h8-11H,3-7,12-14H2,1-2H3,(H,23,27). The molecule has 1 aliphatic heterocycles. The molecule has 0 saturated carbocycles. The number of benzene rings is 1. The Morgan fingerprint density at radius 2 is 1.82 bits per heavy atom. The summed E-state index contributed by atoms with van der Waals surface area (Å²) in [5, 5.41) is 2.75. The summed E-state index contributed by atoms with van der Waals surface area (Å²) in [6.45, 7) is 6.11. The molecule has 0 bridgehead atoms. The van der Waals surface area contributed by atoms with Crippen LogP contribution >= 0.6 is 0 Å². The van der Waals surface area contributed by atoms with Crippen LogP contribution in [0.4, 0.5) is 10.1 Å². The van der Waals surface area contributed by atoms with Crippen molar-refractivity contribution in [3.8, 4) is 0 Å². The lowest BCUT2D eigenvalue weighted by molar-refractivity contribution is 0.0748. The summed E-state index contributed by atoms with van der Waals surface area (Å²) in [4.78, 5) is 32.2. The van der Waals surface area contributed by atoms with Gasteiger partial charge >= 0.3 is 0 Å². The Hall–Kier alpha value is -2.70. The van der Waals surface area contributed by atoms with Gasteiger partial charge in [-0.3, -0.25) is 9.59 Å². The van der Waals surface area contributed by atoms with Gasteiger partial charge < -0.3 is 14.8 Å². The molecule has 7 heteroatoms. The van der Waals surface area contributed by atoms with Crippen LogP contribution in [0, 0.1) is 5.82 Å². The van der Waals surface area contributed by atoms with Gasteiger partial charge in [-0.25, -0.2) is 9.37 Å². The molecular formula is C21H27FN4O2. The SMILES string of the molecule is CCCN(CCC)C(=O)c1nc(C(=O)Nc2ccc(F)cc2)n2c1CCCC2. The third-order valence-electron chi connectivity index (χ3n) is 4.90. The molecule has 150 valence electrons. The first kappa shape index (κ1) is 20.0. The van der Waals surface area contributed by atoms with Crippen molar-refractivity contribution in [3.63, 3.8) is 0 Å². The number of hydrogen-bond donors (Lipinski definition) is 1. The van der Waals surface area contributed by atoms with Crippen molar-refractivity contribution < 1.29 is 14.0 Å². The Morgan fingerprint density at radius 1 is 1.14 bits per heavy atom. The largest absolute Gasteiger partial charge is 0.337 e. The van der Waals surface area contributed by atoms with Gasteiger partial charge in [0.15, 0.2) is 5.82 Å². The molecule has 0 spiro atoms. The van der Waals surface area contributed by atoms with Crippen LogP contribution in [0.3, 0.4) is 0 Å². The lowest BCUT2D eigenvalue weighted by Gasteiger charge is -2.22. The summed E-state index contributed by atoms with van der Waals surface area (Å²) < 4.78 is 15.0. The number of nitrogens with zero attached hydrogens (tertiary/aromatic N) is 3. The molecule has 0 saturated heterocycles. The minimum Gasteiger partial charge on any atom is -0.337 e. The monoisotopic (exact) mass is 386 g/mol. The minimum atomic E-state index is -0.383. The molecule has 0 radical (unpaired) electrons. The number of rotatable bonds is 7. The maximum Gasteiger partial charge on any atom is 0.291 e.